The van der Waals surface area contributed by atoms with Gasteiger partial charge in [-0.2, -0.15) is 0 Å². The molecule has 0 radical (unpaired) electrons. The largest absolute Gasteiger partial charge is 0.508 e. The number of carboxylic acids is 1. The molecule has 0 saturated carbocycles. The second-order valence-electron chi connectivity index (χ2n) is 38.9. The van der Waals surface area contributed by atoms with E-state index < -0.39 is 5.97 Å². The van der Waals surface area contributed by atoms with Gasteiger partial charge in [0.05, 0.1) is 5.56 Å². The second kappa shape index (κ2) is 29.4. The molecule has 1 aliphatic rings. The topological polar surface area (TPSA) is 114 Å². The van der Waals surface area contributed by atoms with E-state index in [2.05, 4.69) is 302 Å². The first-order valence-corrected chi connectivity index (χ1v) is 42.8. The molecule has 0 fully saturated rings. The van der Waals surface area contributed by atoms with E-state index in [9.17, 15) is 24.6 Å². The Bertz CT molecular complexity index is 8150. The number of carbonyl (C=O) groups is 1. The summed E-state index contributed by atoms with van der Waals surface area (Å²) in [5.41, 5.74) is 6.97. The molecule has 0 spiro atoms. The lowest BCUT2D eigenvalue weighted by atomic mass is 9.80. The van der Waals surface area contributed by atoms with E-state index in [4.69, 9.17) is 4.74 Å². The third-order valence-corrected chi connectivity index (χ3v) is 25.3. The Morgan fingerprint density at radius 1 is 0.339 bits per heavy atom. The minimum Gasteiger partial charge on any atom is -0.508 e. The molecule has 0 atom stereocenters. The van der Waals surface area contributed by atoms with Crippen LogP contribution in [0.25, 0.3) is 176 Å². The quantitative estimate of drug-likeness (QED) is 0.134. The lowest BCUT2D eigenvalue weighted by Crippen LogP contribution is -2.43. The van der Waals surface area contributed by atoms with Gasteiger partial charge in [-0.1, -0.05) is 294 Å². The Morgan fingerprint density at radius 2 is 0.726 bits per heavy atom. The van der Waals surface area contributed by atoms with E-state index in [0.29, 0.717) is 17.1 Å². The Labute approximate surface area is 721 Å². The van der Waals surface area contributed by atoms with Crippen LogP contribution in [0.5, 0.6) is 17.2 Å². The van der Waals surface area contributed by atoms with E-state index in [1.807, 2.05) is 88.0 Å². The maximum atomic E-state index is 13.5. The van der Waals surface area contributed by atoms with Gasteiger partial charge in [0.2, 0.25) is 0 Å². The van der Waals surface area contributed by atoms with Crippen molar-refractivity contribution in [1.29, 1.82) is 0 Å². The fourth-order valence-electron chi connectivity index (χ4n) is 19.8. The third kappa shape index (κ3) is 13.4. The van der Waals surface area contributed by atoms with Gasteiger partial charge in [0.15, 0.2) is 0 Å². The summed E-state index contributed by atoms with van der Waals surface area (Å²) in [7, 11) is 4.04. The molecular weight excluding hydrogens is 1520 g/mol. The normalized spacial score (nSPS) is 12.7. The van der Waals surface area contributed by atoms with Crippen LogP contribution < -0.4 is 41.9 Å². The van der Waals surface area contributed by atoms with Crippen LogP contribution in [0, 0.1) is 0 Å². The number of nitrogens with zero attached hydrogens (tertiary/aromatic N) is 3. The molecule has 0 bridgehead atoms. The predicted molar refractivity (Wildman–Crippen MR) is 529 cm³/mol. The van der Waals surface area contributed by atoms with Crippen molar-refractivity contribution in [3.05, 3.63) is 342 Å². The Balaban J connectivity index is 0.000000106. The fourth-order valence-corrected chi connectivity index (χ4v) is 19.8. The Kier molecular flexibility index (Phi) is 19.3. The lowest BCUT2D eigenvalue weighted by Gasteiger charge is -2.25. The second-order valence-corrected chi connectivity index (χ2v) is 38.9. The Hall–Kier alpha value is -13.9. The molecule has 2 N–H and O–H groups in total. The maximum Gasteiger partial charge on any atom is 0.336 e. The first-order valence-electron chi connectivity index (χ1n) is 42.8. The predicted octanol–water partition coefficient (Wildman–Crippen LogP) is 26.1. The molecule has 0 unspecified atom stereocenters. The number of phenolic OH excluding ortho intramolecular Hbond substituents is 1. The zero-order chi connectivity index (χ0) is 87.6. The monoisotopic (exact) mass is 1620 g/mol. The number of pyridine rings is 2. The SMILES string of the molecule is C=c1c2ccc(N(C)C)c3cccc(c(=O)n1C(C)(C)C)c32.C=c1c2ccc3c4cccc5cccc(c6ccc(c(=O)n1C(C)(C)C)c2c36)c54.C=c1ccc2c(c1)Oc1cc(O)ccc1C=2c1cc(C(C)(C)C)ccc1C(=O)O.CC(C)(C)c1ccc2c3cccc4cccc(c5cccc1c52)c43.CC(C)(C)c1ccc2ccc3cccc4ccc1c2c34. The number of aromatic nitrogens is 2. The minimum absolute atomic E-state index is 0.0338. The molecule has 9 heteroatoms. The van der Waals surface area contributed by atoms with E-state index in [1.54, 1.807) is 28.8 Å². The van der Waals surface area contributed by atoms with Gasteiger partial charge in [-0.15, -0.1) is 0 Å². The number of carboxylic acid groups (broad SMARTS) is 1. The lowest BCUT2D eigenvalue weighted by molar-refractivity contribution is 0.0696. The molecule has 2 aromatic heterocycles. The van der Waals surface area contributed by atoms with Crippen LogP contribution in [0.1, 0.15) is 142 Å². The number of hydrogen-bond donors (Lipinski definition) is 2. The molecular formula is C115H103N3O6. The van der Waals surface area contributed by atoms with Crippen LogP contribution in [-0.4, -0.2) is 39.4 Å². The van der Waals surface area contributed by atoms with Gasteiger partial charge >= 0.3 is 5.97 Å². The molecule has 21 aromatic rings. The van der Waals surface area contributed by atoms with Gasteiger partial charge in [0.25, 0.3) is 11.1 Å². The highest BCUT2D eigenvalue weighted by Crippen LogP contribution is 2.47. The van der Waals surface area contributed by atoms with Crippen LogP contribution in [-0.2, 0) is 27.3 Å². The highest BCUT2D eigenvalue weighted by Gasteiger charge is 2.30. The highest BCUT2D eigenvalue weighted by atomic mass is 16.5. The van der Waals surface area contributed by atoms with Crippen LogP contribution in [0.2, 0.25) is 0 Å². The van der Waals surface area contributed by atoms with Crippen LogP contribution >= 0.6 is 0 Å². The third-order valence-electron chi connectivity index (χ3n) is 25.3. The molecule has 1 aliphatic heterocycles. The van der Waals surface area contributed by atoms with Crippen molar-refractivity contribution in [1.82, 2.24) is 9.13 Å². The zero-order valence-corrected chi connectivity index (χ0v) is 73.9. The number of fused-ring (bicyclic) bond motifs is 6. The average molecular weight is 1620 g/mol. The van der Waals surface area contributed by atoms with Crippen LogP contribution in [0.15, 0.2) is 277 Å². The summed E-state index contributed by atoms with van der Waals surface area (Å²) in [6, 6.07) is 92.5. The van der Waals surface area contributed by atoms with Crippen molar-refractivity contribution in [3.63, 3.8) is 0 Å². The van der Waals surface area contributed by atoms with E-state index in [-0.39, 0.29) is 49.8 Å². The number of hydrogen-bond acceptors (Lipinski definition) is 6. The maximum absolute atomic E-state index is 13.5. The van der Waals surface area contributed by atoms with Gasteiger partial charge < -0.3 is 29.0 Å². The first kappa shape index (κ1) is 81.1. The number of rotatable bonds is 3. The van der Waals surface area contributed by atoms with Crippen molar-refractivity contribution in [2.24, 2.45) is 0 Å². The number of phenols is 1. The molecule has 9 nitrogen and oxygen atoms in total. The van der Waals surface area contributed by atoms with Gasteiger partial charge in [0.1, 0.15) is 17.2 Å². The van der Waals surface area contributed by atoms with Crippen molar-refractivity contribution >= 4 is 188 Å². The van der Waals surface area contributed by atoms with Gasteiger partial charge in [-0.05, 0) is 247 Å². The summed E-state index contributed by atoms with van der Waals surface area (Å²) in [6.45, 7) is 44.8. The number of anilines is 1. The molecule has 614 valence electrons. The summed E-state index contributed by atoms with van der Waals surface area (Å²) in [5.74, 6) is 0.160. The van der Waals surface area contributed by atoms with Gasteiger partial charge in [-0.25, -0.2) is 4.79 Å². The molecule has 22 rings (SSSR count). The van der Waals surface area contributed by atoms with Crippen molar-refractivity contribution < 1.29 is 19.7 Å². The first-order chi connectivity index (χ1) is 58.9. The van der Waals surface area contributed by atoms with Crippen LogP contribution in [0.4, 0.5) is 5.69 Å². The standard InChI is InChI=1S/C27H21NO.C25H22O4.C24H20.C20H18.C19H22N2O/c1-15-17-11-12-20-18-9-5-7-16-8-6-10-19(23(16)18)21-13-14-22(24(17)25(20)21)26(29)28(15)27(2,3)4;1-14-5-8-18-21(11-14)29-22-13-16(26)7-10-19(22)23(18)20-12-15(25(2,3)4)6-9-17(20)24(27)28;1-24(2,3)21-14-13-19-17-10-5-8-15-7-4-9-16(22(15)17)18-11-6-12-20(21)23(18)19;1-20(2,3)17-12-10-15-8-7-13-5-4-6-14-9-11-16(17)19(15)18(13)14;1-12-13-10-11-16(20(5)6)14-8-7-9-15(17(13)14)18(22)21(12)19(2,3)4/h5-14H,1H2,2-4H3;5-13,26H,1H2,2-4H3,(H,27,28);4-14H,1-3H3;4-12H,1-3H3;7-11H,1H2,2-6H3. The van der Waals surface area contributed by atoms with Gasteiger partial charge in [-0.3, -0.25) is 9.59 Å². The molecule has 0 aliphatic carbocycles. The van der Waals surface area contributed by atoms with Crippen molar-refractivity contribution in [2.45, 2.75) is 131 Å². The summed E-state index contributed by atoms with van der Waals surface area (Å²) in [5, 5.41) is 57.7. The Morgan fingerprint density at radius 3 is 1.26 bits per heavy atom. The van der Waals surface area contributed by atoms with Crippen molar-refractivity contribution in [3.8, 4) is 17.2 Å². The number of aromatic hydroxyl groups is 1. The molecule has 19 aromatic carbocycles. The van der Waals surface area contributed by atoms with E-state index >= 15 is 0 Å². The summed E-state index contributed by atoms with van der Waals surface area (Å²) in [6.07, 6.45) is 0. The molecule has 0 amide bonds. The van der Waals surface area contributed by atoms with E-state index in [1.165, 1.54) is 124 Å². The summed E-state index contributed by atoms with van der Waals surface area (Å²) >= 11 is 0. The summed E-state index contributed by atoms with van der Waals surface area (Å²) < 4.78 is 9.66. The number of aromatic carboxylic acids is 1. The van der Waals surface area contributed by atoms with E-state index in [0.717, 1.165) is 81.2 Å². The van der Waals surface area contributed by atoms with Crippen LogP contribution in [0.3, 0.4) is 0 Å². The molecule has 3 heterocycles. The average Bonchev–Trinajstić information content (AvgIpc) is 0.705. The molecule has 124 heavy (non-hydrogen) atoms. The fraction of sp³-hybridized carbons (Fsp3) is 0.191. The highest BCUT2D eigenvalue weighted by molar-refractivity contribution is 6.37. The summed E-state index contributed by atoms with van der Waals surface area (Å²) in [4.78, 5) is 40.6. The van der Waals surface area contributed by atoms with Crippen molar-refractivity contribution in [2.75, 3.05) is 19.0 Å². The smallest absolute Gasteiger partial charge is 0.336 e. The van der Waals surface area contributed by atoms with Gasteiger partial charge in [0, 0.05) is 102 Å². The number of ether oxygens (including phenoxy) is 1. The minimum atomic E-state index is -0.991. The number of benzene rings is 19. The zero-order valence-electron chi connectivity index (χ0n) is 73.9. The molecule has 0 saturated heterocycles.